The fourth-order valence-corrected chi connectivity index (χ4v) is 2.03. The van der Waals surface area contributed by atoms with Crippen molar-refractivity contribution in [3.05, 3.63) is 35.9 Å². The third-order valence-electron chi connectivity index (χ3n) is 2.43. The van der Waals surface area contributed by atoms with Crippen LogP contribution in [0.2, 0.25) is 0 Å². The van der Waals surface area contributed by atoms with Crippen LogP contribution in [0, 0.1) is 5.82 Å². The summed E-state index contributed by atoms with van der Waals surface area (Å²) in [7, 11) is 0. The van der Waals surface area contributed by atoms with Gasteiger partial charge in [0.1, 0.15) is 17.4 Å². The normalized spacial score (nSPS) is 10.9. The maximum atomic E-state index is 12.7. The quantitative estimate of drug-likeness (QED) is 0.652. The minimum Gasteiger partial charge on any atom is -0.493 e. The van der Waals surface area contributed by atoms with Crippen LogP contribution in [-0.2, 0) is 0 Å². The zero-order chi connectivity index (χ0) is 13.7. The Balaban J connectivity index is 1.72. The van der Waals surface area contributed by atoms with Crippen LogP contribution in [0.4, 0.5) is 4.39 Å². The largest absolute Gasteiger partial charge is 0.493 e. The Morgan fingerprint density at radius 2 is 2.05 bits per heavy atom. The highest BCUT2D eigenvalue weighted by atomic mass is 32.2. The molecule has 0 saturated carbocycles. The van der Waals surface area contributed by atoms with E-state index >= 15 is 0 Å². The Labute approximate surface area is 115 Å². The maximum Gasteiger partial charge on any atom is 0.208 e. The van der Waals surface area contributed by atoms with Crippen molar-refractivity contribution in [2.45, 2.75) is 24.9 Å². The van der Waals surface area contributed by atoms with Gasteiger partial charge in [-0.2, -0.15) is 0 Å². The fourth-order valence-electron chi connectivity index (χ4n) is 1.40. The van der Waals surface area contributed by atoms with Crippen LogP contribution in [-0.4, -0.2) is 27.5 Å². The van der Waals surface area contributed by atoms with Crippen molar-refractivity contribution in [1.82, 2.24) is 15.2 Å². The number of hydrogen-bond donors (Lipinski definition) is 1. The molecule has 0 aliphatic heterocycles. The molecule has 0 atom stereocenters. The number of aromatic nitrogens is 3. The summed E-state index contributed by atoms with van der Waals surface area (Å²) in [6, 6.07) is 5.99. The van der Waals surface area contributed by atoms with Gasteiger partial charge in [0.2, 0.25) is 5.16 Å². The number of thioether (sulfide) groups is 1. The summed E-state index contributed by atoms with van der Waals surface area (Å²) < 4.78 is 18.2. The van der Waals surface area contributed by atoms with Crippen molar-refractivity contribution in [2.24, 2.45) is 0 Å². The third-order valence-corrected chi connectivity index (χ3v) is 3.24. The lowest BCUT2D eigenvalue weighted by Gasteiger charge is -2.04. The van der Waals surface area contributed by atoms with Crippen LogP contribution in [0.15, 0.2) is 29.4 Å². The number of ether oxygens (including phenoxy) is 1. The third kappa shape index (κ3) is 4.24. The van der Waals surface area contributed by atoms with E-state index in [1.807, 2.05) is 0 Å². The molecule has 0 spiro atoms. The summed E-state index contributed by atoms with van der Waals surface area (Å²) in [5, 5.41) is 7.75. The van der Waals surface area contributed by atoms with Gasteiger partial charge in [-0.3, -0.25) is 5.10 Å². The average molecular weight is 281 g/mol. The summed E-state index contributed by atoms with van der Waals surface area (Å²) >= 11 is 1.53. The van der Waals surface area contributed by atoms with Gasteiger partial charge >= 0.3 is 0 Å². The lowest BCUT2D eigenvalue weighted by Crippen LogP contribution is -2.00. The maximum absolute atomic E-state index is 12.7. The number of benzene rings is 1. The first-order valence-corrected chi connectivity index (χ1v) is 7.07. The first-order chi connectivity index (χ1) is 9.15. The van der Waals surface area contributed by atoms with Crippen molar-refractivity contribution in [2.75, 3.05) is 12.4 Å². The molecular formula is C13H16FN3OS. The summed E-state index contributed by atoms with van der Waals surface area (Å²) in [4.78, 5) is 4.36. The molecule has 0 aliphatic rings. The van der Waals surface area contributed by atoms with Gasteiger partial charge < -0.3 is 4.74 Å². The Morgan fingerprint density at radius 1 is 1.32 bits per heavy atom. The molecule has 4 nitrogen and oxygen atoms in total. The molecule has 0 radical (unpaired) electrons. The smallest absolute Gasteiger partial charge is 0.208 e. The minimum atomic E-state index is -0.260. The van der Waals surface area contributed by atoms with E-state index in [0.717, 1.165) is 16.7 Å². The number of nitrogens with zero attached hydrogens (tertiary/aromatic N) is 2. The summed E-state index contributed by atoms with van der Waals surface area (Å²) in [6.07, 6.45) is 0. The number of halogens is 1. The van der Waals surface area contributed by atoms with Gasteiger partial charge in [0.25, 0.3) is 0 Å². The Bertz CT molecular complexity index is 513. The van der Waals surface area contributed by atoms with Crippen LogP contribution in [0.25, 0.3) is 0 Å². The van der Waals surface area contributed by atoms with E-state index in [0.29, 0.717) is 18.3 Å². The molecule has 0 amide bonds. The topological polar surface area (TPSA) is 50.8 Å². The van der Waals surface area contributed by atoms with Crippen LogP contribution in [0.3, 0.4) is 0 Å². The van der Waals surface area contributed by atoms with E-state index in [9.17, 15) is 4.39 Å². The van der Waals surface area contributed by atoms with E-state index < -0.39 is 0 Å². The van der Waals surface area contributed by atoms with Gasteiger partial charge in [0.05, 0.1) is 6.61 Å². The average Bonchev–Trinajstić information content (AvgIpc) is 2.86. The Hall–Kier alpha value is -1.56. The highest BCUT2D eigenvalue weighted by molar-refractivity contribution is 7.99. The van der Waals surface area contributed by atoms with E-state index in [-0.39, 0.29) is 5.82 Å². The molecule has 6 heteroatoms. The number of aromatic amines is 1. The van der Waals surface area contributed by atoms with Gasteiger partial charge in [-0.05, 0) is 24.3 Å². The second kappa shape index (κ2) is 6.56. The molecule has 0 saturated heterocycles. The van der Waals surface area contributed by atoms with E-state index in [1.165, 1.54) is 23.9 Å². The number of rotatable bonds is 6. The van der Waals surface area contributed by atoms with Gasteiger partial charge in [-0.1, -0.05) is 25.6 Å². The molecule has 0 fully saturated rings. The lowest BCUT2D eigenvalue weighted by atomic mass is 10.2. The van der Waals surface area contributed by atoms with Crippen molar-refractivity contribution in [3.8, 4) is 5.75 Å². The zero-order valence-corrected chi connectivity index (χ0v) is 11.7. The Kier molecular flexibility index (Phi) is 4.79. The molecule has 0 bridgehead atoms. The fraction of sp³-hybridized carbons (Fsp3) is 0.385. The SMILES string of the molecule is CC(C)c1nc(SCCOc2ccc(F)cc2)n[nH]1. The van der Waals surface area contributed by atoms with Crippen LogP contribution >= 0.6 is 11.8 Å². The van der Waals surface area contributed by atoms with Crippen molar-refractivity contribution >= 4 is 11.8 Å². The molecule has 2 aromatic rings. The van der Waals surface area contributed by atoms with Crippen LogP contribution in [0.5, 0.6) is 5.75 Å². The highest BCUT2D eigenvalue weighted by Gasteiger charge is 2.06. The zero-order valence-electron chi connectivity index (χ0n) is 10.9. The lowest BCUT2D eigenvalue weighted by molar-refractivity contribution is 0.343. The first-order valence-electron chi connectivity index (χ1n) is 6.08. The molecule has 1 aromatic carbocycles. The van der Waals surface area contributed by atoms with Gasteiger partial charge in [-0.15, -0.1) is 5.10 Å². The van der Waals surface area contributed by atoms with Crippen molar-refractivity contribution < 1.29 is 9.13 Å². The van der Waals surface area contributed by atoms with Crippen molar-refractivity contribution in [3.63, 3.8) is 0 Å². The summed E-state index contributed by atoms with van der Waals surface area (Å²) in [5.41, 5.74) is 0. The van der Waals surface area contributed by atoms with Gasteiger partial charge in [-0.25, -0.2) is 9.37 Å². The molecule has 1 N–H and O–H groups in total. The molecule has 2 rings (SSSR count). The van der Waals surface area contributed by atoms with E-state index in [4.69, 9.17) is 4.74 Å². The molecule has 19 heavy (non-hydrogen) atoms. The molecule has 0 aliphatic carbocycles. The minimum absolute atomic E-state index is 0.260. The standard InChI is InChI=1S/C13H16FN3OS/c1-9(2)12-15-13(17-16-12)19-8-7-18-11-5-3-10(14)4-6-11/h3-6,9H,7-8H2,1-2H3,(H,15,16,17). The number of H-pyrrole nitrogens is 1. The van der Waals surface area contributed by atoms with Crippen molar-refractivity contribution in [1.29, 1.82) is 0 Å². The predicted octanol–water partition coefficient (Wildman–Crippen LogP) is 3.24. The molecular weight excluding hydrogens is 265 g/mol. The van der Waals surface area contributed by atoms with E-state index in [2.05, 4.69) is 29.0 Å². The van der Waals surface area contributed by atoms with Crippen LogP contribution < -0.4 is 4.74 Å². The monoisotopic (exact) mass is 281 g/mol. The molecule has 102 valence electrons. The van der Waals surface area contributed by atoms with Gasteiger partial charge in [0.15, 0.2) is 0 Å². The van der Waals surface area contributed by atoms with Crippen LogP contribution in [0.1, 0.15) is 25.6 Å². The Morgan fingerprint density at radius 3 is 2.68 bits per heavy atom. The van der Waals surface area contributed by atoms with E-state index in [1.54, 1.807) is 12.1 Å². The second-order valence-corrected chi connectivity index (χ2v) is 5.37. The number of nitrogens with one attached hydrogen (secondary N) is 1. The molecule has 0 unspecified atom stereocenters. The highest BCUT2D eigenvalue weighted by Crippen LogP contribution is 2.17. The van der Waals surface area contributed by atoms with Gasteiger partial charge in [0, 0.05) is 11.7 Å². The molecule has 1 heterocycles. The first kappa shape index (κ1) is 13.9. The summed E-state index contributed by atoms with van der Waals surface area (Å²) in [5.74, 6) is 2.38. The second-order valence-electron chi connectivity index (χ2n) is 4.31. The molecule has 1 aromatic heterocycles. The predicted molar refractivity (Wildman–Crippen MR) is 73.1 cm³/mol. The summed E-state index contributed by atoms with van der Waals surface area (Å²) in [6.45, 7) is 4.65. The number of hydrogen-bond acceptors (Lipinski definition) is 4.